The summed E-state index contributed by atoms with van der Waals surface area (Å²) in [5, 5.41) is 11.0. The summed E-state index contributed by atoms with van der Waals surface area (Å²) >= 11 is 0. The molecular formula is C13H18N2O3. The Bertz CT molecular complexity index is 426. The van der Waals surface area contributed by atoms with E-state index in [4.69, 9.17) is 10.6 Å². The van der Waals surface area contributed by atoms with Gasteiger partial charge in [-0.15, -0.1) is 0 Å². The maximum absolute atomic E-state index is 11.1. The fourth-order valence-electron chi connectivity index (χ4n) is 2.02. The number of aliphatic hydroxyl groups is 1. The molecule has 0 aliphatic carbocycles. The van der Waals surface area contributed by atoms with Crippen LogP contribution < -0.4 is 5.84 Å². The third-order valence-corrected chi connectivity index (χ3v) is 3.13. The van der Waals surface area contributed by atoms with E-state index in [0.29, 0.717) is 12.8 Å². The van der Waals surface area contributed by atoms with Crippen LogP contribution >= 0.6 is 0 Å². The smallest absolute Gasteiger partial charge is 0.334 e. The molecule has 0 aromatic carbocycles. The third-order valence-electron chi connectivity index (χ3n) is 3.13. The topological polar surface area (TPSA) is 75.8 Å². The van der Waals surface area contributed by atoms with Crippen LogP contribution in [0.1, 0.15) is 26.2 Å². The Hall–Kier alpha value is -1.75. The lowest BCUT2D eigenvalue weighted by atomic mass is 10.0. The van der Waals surface area contributed by atoms with Gasteiger partial charge in [0.25, 0.3) is 0 Å². The number of aliphatic hydroxyl groups excluding tert-OH is 1. The quantitative estimate of drug-likeness (QED) is 0.587. The molecule has 0 aromatic rings. The van der Waals surface area contributed by atoms with Gasteiger partial charge in [-0.05, 0) is 25.3 Å². The first kappa shape index (κ1) is 12.7. The summed E-state index contributed by atoms with van der Waals surface area (Å²) in [6.45, 7) is 2.01. The van der Waals surface area contributed by atoms with Gasteiger partial charge in [0, 0.05) is 12.6 Å². The van der Waals surface area contributed by atoms with Crippen molar-refractivity contribution in [3.05, 3.63) is 35.8 Å². The number of ether oxygens (including phenoxy) is 1. The predicted molar refractivity (Wildman–Crippen MR) is 67.2 cm³/mol. The van der Waals surface area contributed by atoms with E-state index in [2.05, 4.69) is 0 Å². The molecule has 0 fully saturated rings. The number of carbonyl (C=O) groups excluding carboxylic acids is 1. The van der Waals surface area contributed by atoms with Crippen LogP contribution in [0.3, 0.4) is 0 Å². The number of cyclic esters (lactones) is 1. The first-order valence-corrected chi connectivity index (χ1v) is 6.06. The Kier molecular flexibility index (Phi) is 3.72. The third kappa shape index (κ3) is 3.13. The van der Waals surface area contributed by atoms with Crippen molar-refractivity contribution in [2.75, 3.05) is 0 Å². The molecule has 2 rings (SSSR count). The molecule has 0 spiro atoms. The Morgan fingerprint density at radius 3 is 3.06 bits per heavy atom. The maximum atomic E-state index is 11.1. The summed E-state index contributed by atoms with van der Waals surface area (Å²) in [6, 6.07) is 0.202. The normalized spacial score (nSPS) is 27.7. The van der Waals surface area contributed by atoms with Gasteiger partial charge in [0.15, 0.2) is 0 Å². The maximum Gasteiger partial charge on any atom is 0.334 e. The highest BCUT2D eigenvalue weighted by Gasteiger charge is 2.21. The Morgan fingerprint density at radius 2 is 2.39 bits per heavy atom. The van der Waals surface area contributed by atoms with Crippen LogP contribution in [0.2, 0.25) is 0 Å². The lowest BCUT2D eigenvalue weighted by molar-refractivity contribution is -0.145. The second kappa shape index (κ2) is 5.27. The fraction of sp³-hybridized carbons (Fsp3) is 0.462. The molecule has 3 N–H and O–H groups in total. The number of hydrogen-bond donors (Lipinski definition) is 2. The van der Waals surface area contributed by atoms with Gasteiger partial charge in [-0.1, -0.05) is 12.2 Å². The molecule has 18 heavy (non-hydrogen) atoms. The van der Waals surface area contributed by atoms with Gasteiger partial charge in [-0.2, -0.15) is 0 Å². The van der Waals surface area contributed by atoms with Crippen molar-refractivity contribution in [3.63, 3.8) is 0 Å². The molecule has 2 heterocycles. The summed E-state index contributed by atoms with van der Waals surface area (Å²) in [7, 11) is 0. The zero-order valence-corrected chi connectivity index (χ0v) is 10.4. The van der Waals surface area contributed by atoms with E-state index in [1.165, 1.54) is 0 Å². The van der Waals surface area contributed by atoms with Crippen molar-refractivity contribution in [1.82, 2.24) is 5.01 Å². The second-order valence-corrected chi connectivity index (χ2v) is 4.69. The van der Waals surface area contributed by atoms with Crippen LogP contribution in [-0.4, -0.2) is 28.2 Å². The summed E-state index contributed by atoms with van der Waals surface area (Å²) in [5.41, 5.74) is 1.10. The first-order chi connectivity index (χ1) is 8.54. The van der Waals surface area contributed by atoms with Gasteiger partial charge in [0.2, 0.25) is 0 Å². The van der Waals surface area contributed by atoms with Crippen LogP contribution in [0.5, 0.6) is 0 Å². The summed E-state index contributed by atoms with van der Waals surface area (Å²) in [4.78, 5) is 11.1. The standard InChI is InChI=1S/C13H18N2O3/c1-9-2-3-10(8-15(9)14)4-5-12-6-11(16)7-13(17)18-12/h2-3,7-9,12,16H,4-6,14H2,1H3. The van der Waals surface area contributed by atoms with Crippen LogP contribution in [0.15, 0.2) is 35.8 Å². The number of allylic oxidation sites excluding steroid dienone is 2. The molecule has 0 saturated heterocycles. The molecule has 5 nitrogen and oxygen atoms in total. The fourth-order valence-corrected chi connectivity index (χ4v) is 2.02. The molecule has 0 aromatic heterocycles. The molecule has 0 bridgehead atoms. The highest BCUT2D eigenvalue weighted by Crippen LogP contribution is 2.22. The molecule has 2 aliphatic heterocycles. The zero-order chi connectivity index (χ0) is 13.1. The molecule has 0 radical (unpaired) electrons. The summed E-state index contributed by atoms with van der Waals surface area (Å²) in [6.07, 6.45) is 8.68. The van der Waals surface area contributed by atoms with Crippen molar-refractivity contribution in [1.29, 1.82) is 0 Å². The number of nitrogens with zero attached hydrogens (tertiary/aromatic N) is 1. The van der Waals surface area contributed by atoms with Crippen molar-refractivity contribution in [2.24, 2.45) is 5.84 Å². The van der Waals surface area contributed by atoms with E-state index in [-0.39, 0.29) is 17.9 Å². The molecule has 5 heteroatoms. The monoisotopic (exact) mass is 250 g/mol. The number of hydrazine groups is 1. The lowest BCUT2D eigenvalue weighted by Gasteiger charge is -2.25. The minimum absolute atomic E-state index is 0.0958. The van der Waals surface area contributed by atoms with Gasteiger partial charge in [-0.3, -0.25) is 0 Å². The van der Waals surface area contributed by atoms with Crippen LogP contribution in [-0.2, 0) is 9.53 Å². The number of esters is 1. The minimum atomic E-state index is -0.467. The predicted octanol–water partition coefficient (Wildman–Crippen LogP) is 1.54. The van der Waals surface area contributed by atoms with Crippen LogP contribution in [0, 0.1) is 0 Å². The summed E-state index contributed by atoms with van der Waals surface area (Å²) in [5.74, 6) is 5.42. The minimum Gasteiger partial charge on any atom is -0.512 e. The molecular weight excluding hydrogens is 232 g/mol. The number of nitrogens with two attached hydrogens (primary N) is 1. The number of rotatable bonds is 3. The van der Waals surface area contributed by atoms with E-state index in [1.807, 2.05) is 25.3 Å². The van der Waals surface area contributed by atoms with Gasteiger partial charge in [0.05, 0.1) is 12.1 Å². The van der Waals surface area contributed by atoms with Crippen molar-refractivity contribution in [3.8, 4) is 0 Å². The molecule has 98 valence electrons. The van der Waals surface area contributed by atoms with Crippen LogP contribution in [0.4, 0.5) is 0 Å². The Labute approximate surface area is 106 Å². The van der Waals surface area contributed by atoms with Gasteiger partial charge in [-0.25, -0.2) is 10.6 Å². The second-order valence-electron chi connectivity index (χ2n) is 4.69. The average Bonchev–Trinajstić information content (AvgIpc) is 2.29. The molecule has 0 saturated carbocycles. The Balaban J connectivity index is 1.86. The lowest BCUT2D eigenvalue weighted by Crippen LogP contribution is -2.35. The van der Waals surface area contributed by atoms with Gasteiger partial charge >= 0.3 is 5.97 Å². The summed E-state index contributed by atoms with van der Waals surface area (Å²) < 4.78 is 5.12. The van der Waals surface area contributed by atoms with Crippen LogP contribution in [0.25, 0.3) is 0 Å². The molecule has 2 unspecified atom stereocenters. The first-order valence-electron chi connectivity index (χ1n) is 6.06. The molecule has 2 atom stereocenters. The van der Waals surface area contributed by atoms with Crippen molar-refractivity contribution >= 4 is 5.97 Å². The van der Waals surface area contributed by atoms with Crippen molar-refractivity contribution in [2.45, 2.75) is 38.3 Å². The number of carbonyl (C=O) groups is 1. The van der Waals surface area contributed by atoms with Gasteiger partial charge < -0.3 is 14.9 Å². The van der Waals surface area contributed by atoms with E-state index >= 15 is 0 Å². The largest absolute Gasteiger partial charge is 0.512 e. The number of hydrogen-bond acceptors (Lipinski definition) is 5. The van der Waals surface area contributed by atoms with E-state index in [9.17, 15) is 9.90 Å². The van der Waals surface area contributed by atoms with E-state index in [1.54, 1.807) is 5.01 Å². The van der Waals surface area contributed by atoms with E-state index in [0.717, 1.165) is 18.1 Å². The Morgan fingerprint density at radius 1 is 1.61 bits per heavy atom. The highest BCUT2D eigenvalue weighted by molar-refractivity contribution is 5.83. The van der Waals surface area contributed by atoms with E-state index < -0.39 is 5.97 Å². The molecule has 2 aliphatic rings. The average molecular weight is 250 g/mol. The highest BCUT2D eigenvalue weighted by atomic mass is 16.5. The SMILES string of the molecule is CC1C=CC(CCC2CC(O)=CC(=O)O2)=CN1N. The van der Waals surface area contributed by atoms with Crippen molar-refractivity contribution < 1.29 is 14.6 Å². The zero-order valence-electron chi connectivity index (χ0n) is 10.4. The van der Waals surface area contributed by atoms with Gasteiger partial charge in [0.1, 0.15) is 11.9 Å². The molecule has 0 amide bonds.